The van der Waals surface area contributed by atoms with Crippen molar-refractivity contribution in [2.24, 2.45) is 5.92 Å². The Kier molecular flexibility index (Phi) is 10.2. The number of anilines is 1. The van der Waals surface area contributed by atoms with Crippen molar-refractivity contribution < 1.29 is 14.4 Å². The van der Waals surface area contributed by atoms with Gasteiger partial charge in [0.05, 0.1) is 5.69 Å². The van der Waals surface area contributed by atoms with Crippen LogP contribution in [0.1, 0.15) is 82.5 Å². The smallest absolute Gasteiger partial charge is 0.247 e. The normalized spacial score (nSPS) is 15.0. The maximum atomic E-state index is 13.6. The molecule has 0 aromatic carbocycles. The zero-order valence-electron chi connectivity index (χ0n) is 21.0. The van der Waals surface area contributed by atoms with E-state index in [0.29, 0.717) is 17.6 Å². The number of nitrogens with zero attached hydrogens (tertiary/aromatic N) is 3. The highest BCUT2D eigenvalue weighted by molar-refractivity contribution is 7.13. The van der Waals surface area contributed by atoms with Crippen LogP contribution >= 0.6 is 11.3 Å². The van der Waals surface area contributed by atoms with Crippen LogP contribution in [0, 0.1) is 12.8 Å². The van der Waals surface area contributed by atoms with Crippen molar-refractivity contribution in [2.75, 3.05) is 11.9 Å². The lowest BCUT2D eigenvalue weighted by molar-refractivity contribution is -0.142. The largest absolute Gasteiger partial charge is 0.351 e. The molecule has 2 N–H and O–H groups in total. The summed E-state index contributed by atoms with van der Waals surface area (Å²) in [4.78, 5) is 49.5. The fourth-order valence-electron chi connectivity index (χ4n) is 4.30. The molecule has 1 aliphatic rings. The number of hydrogen-bond donors (Lipinski definition) is 2. The van der Waals surface area contributed by atoms with E-state index in [4.69, 9.17) is 0 Å². The molecular formula is C26H37N5O3S. The van der Waals surface area contributed by atoms with Gasteiger partial charge in [0, 0.05) is 43.2 Å². The molecule has 1 fully saturated rings. The molecule has 8 nitrogen and oxygen atoms in total. The predicted octanol–water partition coefficient (Wildman–Crippen LogP) is 4.63. The lowest BCUT2D eigenvalue weighted by Crippen LogP contribution is -2.47. The monoisotopic (exact) mass is 499 g/mol. The summed E-state index contributed by atoms with van der Waals surface area (Å²) in [6.45, 7) is 6.49. The van der Waals surface area contributed by atoms with Crippen LogP contribution in [0.5, 0.6) is 0 Å². The Hall–Kier alpha value is -2.81. The molecule has 35 heavy (non-hydrogen) atoms. The lowest BCUT2D eigenvalue weighted by atomic mass is 9.94. The van der Waals surface area contributed by atoms with Gasteiger partial charge in [0.2, 0.25) is 17.7 Å². The molecule has 3 amide bonds. The summed E-state index contributed by atoms with van der Waals surface area (Å²) in [6, 6.07) is 2.96. The maximum Gasteiger partial charge on any atom is 0.247 e. The molecule has 2 aromatic rings. The number of rotatable bonds is 11. The van der Waals surface area contributed by atoms with Gasteiger partial charge in [-0.1, -0.05) is 33.1 Å². The van der Waals surface area contributed by atoms with E-state index in [9.17, 15) is 14.4 Å². The average molecular weight is 500 g/mol. The van der Waals surface area contributed by atoms with E-state index < -0.39 is 6.04 Å². The van der Waals surface area contributed by atoms with Gasteiger partial charge in [-0.3, -0.25) is 19.4 Å². The van der Waals surface area contributed by atoms with Gasteiger partial charge in [-0.2, -0.15) is 0 Å². The Balaban J connectivity index is 1.75. The number of thiazole rings is 1. The van der Waals surface area contributed by atoms with E-state index in [0.717, 1.165) is 43.4 Å². The Labute approximate surface area is 211 Å². The van der Waals surface area contributed by atoms with Crippen LogP contribution in [-0.4, -0.2) is 45.2 Å². The summed E-state index contributed by atoms with van der Waals surface area (Å²) >= 11 is 1.36. The van der Waals surface area contributed by atoms with E-state index in [2.05, 4.69) is 34.4 Å². The van der Waals surface area contributed by atoms with Gasteiger partial charge in [-0.15, -0.1) is 11.3 Å². The molecule has 0 spiro atoms. The number of amides is 3. The third-order valence-corrected chi connectivity index (χ3v) is 7.11. The van der Waals surface area contributed by atoms with Gasteiger partial charge < -0.3 is 15.5 Å². The van der Waals surface area contributed by atoms with Gasteiger partial charge in [-0.05, 0) is 49.8 Å². The van der Waals surface area contributed by atoms with Crippen LogP contribution in [0.25, 0.3) is 0 Å². The van der Waals surface area contributed by atoms with Crippen molar-refractivity contribution in [2.45, 2.75) is 84.2 Å². The predicted molar refractivity (Wildman–Crippen MR) is 138 cm³/mol. The first-order valence-electron chi connectivity index (χ1n) is 12.5. The van der Waals surface area contributed by atoms with Crippen LogP contribution in [0.2, 0.25) is 0 Å². The molecule has 1 unspecified atom stereocenters. The third kappa shape index (κ3) is 8.42. The van der Waals surface area contributed by atoms with Crippen molar-refractivity contribution in [3.63, 3.8) is 0 Å². The second-order valence-electron chi connectivity index (χ2n) is 9.64. The second-order valence-corrected chi connectivity index (χ2v) is 10.5. The van der Waals surface area contributed by atoms with E-state index in [1.165, 1.54) is 17.8 Å². The molecule has 2 heterocycles. The number of carbonyl (C=O) groups is 3. The minimum atomic E-state index is -0.754. The maximum absolute atomic E-state index is 13.6. The number of carbonyl (C=O) groups excluding carboxylic acids is 3. The summed E-state index contributed by atoms with van der Waals surface area (Å²) in [5.41, 5.74) is 1.57. The van der Waals surface area contributed by atoms with Gasteiger partial charge in [-0.25, -0.2) is 4.98 Å². The van der Waals surface area contributed by atoms with E-state index in [-0.39, 0.29) is 36.6 Å². The van der Waals surface area contributed by atoms with Crippen LogP contribution in [-0.2, 0) is 14.4 Å². The van der Waals surface area contributed by atoms with Gasteiger partial charge in [0.1, 0.15) is 6.04 Å². The molecule has 3 rings (SSSR count). The standard InChI is InChI=1S/C26H37N5O3S/c1-18(2)13-16-31(23(33)10-9-22(32)30-26-28-19(3)17-35-26)24(20-11-14-27-15-12-20)25(34)29-21-7-5-4-6-8-21/h11-12,14-15,17-18,21,24H,4-10,13,16H2,1-3H3,(H,29,34)(H,28,30,32). The Morgan fingerprint density at radius 3 is 2.46 bits per heavy atom. The molecule has 0 radical (unpaired) electrons. The molecule has 2 aromatic heterocycles. The number of pyridine rings is 1. The lowest BCUT2D eigenvalue weighted by Gasteiger charge is -2.34. The van der Waals surface area contributed by atoms with Crippen molar-refractivity contribution in [1.82, 2.24) is 20.2 Å². The molecule has 9 heteroatoms. The van der Waals surface area contributed by atoms with Crippen LogP contribution in [0.3, 0.4) is 0 Å². The first-order valence-corrected chi connectivity index (χ1v) is 13.4. The number of aromatic nitrogens is 2. The first-order chi connectivity index (χ1) is 16.8. The van der Waals surface area contributed by atoms with E-state index in [1.807, 2.05) is 12.3 Å². The van der Waals surface area contributed by atoms with E-state index >= 15 is 0 Å². The SMILES string of the molecule is Cc1csc(NC(=O)CCC(=O)N(CCC(C)C)C(C(=O)NC2CCCCC2)c2ccncc2)n1. The van der Waals surface area contributed by atoms with Gasteiger partial charge in [0.15, 0.2) is 5.13 Å². The highest BCUT2D eigenvalue weighted by atomic mass is 32.1. The molecule has 1 saturated carbocycles. The molecule has 1 atom stereocenters. The summed E-state index contributed by atoms with van der Waals surface area (Å²) in [7, 11) is 0. The Morgan fingerprint density at radius 1 is 1.11 bits per heavy atom. The number of nitrogens with one attached hydrogen (secondary N) is 2. The van der Waals surface area contributed by atoms with Crippen molar-refractivity contribution in [3.8, 4) is 0 Å². The van der Waals surface area contributed by atoms with Crippen LogP contribution in [0.4, 0.5) is 5.13 Å². The van der Waals surface area contributed by atoms with Crippen molar-refractivity contribution in [1.29, 1.82) is 0 Å². The highest BCUT2D eigenvalue weighted by Crippen LogP contribution is 2.25. The minimum absolute atomic E-state index is 0.0204. The molecular weight excluding hydrogens is 462 g/mol. The van der Waals surface area contributed by atoms with Crippen molar-refractivity contribution in [3.05, 3.63) is 41.2 Å². The fraction of sp³-hybridized carbons (Fsp3) is 0.577. The summed E-state index contributed by atoms with van der Waals surface area (Å²) in [5, 5.41) is 8.34. The molecule has 0 aliphatic heterocycles. The summed E-state index contributed by atoms with van der Waals surface area (Å²) < 4.78 is 0. The molecule has 1 aliphatic carbocycles. The van der Waals surface area contributed by atoms with E-state index in [1.54, 1.807) is 29.4 Å². The average Bonchev–Trinajstić information content (AvgIpc) is 3.25. The second kappa shape index (κ2) is 13.3. The van der Waals surface area contributed by atoms with Gasteiger partial charge in [0.25, 0.3) is 0 Å². The summed E-state index contributed by atoms with van der Waals surface area (Å²) in [6.07, 6.45) is 9.43. The molecule has 0 saturated heterocycles. The topological polar surface area (TPSA) is 104 Å². The third-order valence-electron chi connectivity index (χ3n) is 6.23. The van der Waals surface area contributed by atoms with Gasteiger partial charge >= 0.3 is 0 Å². The van der Waals surface area contributed by atoms with Crippen LogP contribution in [0.15, 0.2) is 29.9 Å². The Morgan fingerprint density at radius 2 is 1.83 bits per heavy atom. The number of hydrogen-bond acceptors (Lipinski definition) is 6. The first kappa shape index (κ1) is 26.8. The quantitative estimate of drug-likeness (QED) is 0.469. The van der Waals surface area contributed by atoms with Crippen molar-refractivity contribution >= 4 is 34.2 Å². The zero-order chi connectivity index (χ0) is 25.2. The van der Waals surface area contributed by atoms with Crippen LogP contribution < -0.4 is 10.6 Å². The zero-order valence-corrected chi connectivity index (χ0v) is 21.8. The summed E-state index contributed by atoms with van der Waals surface area (Å²) in [5.74, 6) is -0.274. The number of aryl methyl sites for hydroxylation is 1. The molecule has 0 bridgehead atoms. The molecule has 190 valence electrons. The minimum Gasteiger partial charge on any atom is -0.351 e. The fourth-order valence-corrected chi connectivity index (χ4v) is 5.00. The Bertz CT molecular complexity index is 972. The highest BCUT2D eigenvalue weighted by Gasteiger charge is 2.32.